The number of carbonyl (C=O) groups is 2. The van der Waals surface area contributed by atoms with Crippen molar-refractivity contribution in [3.8, 4) is 5.75 Å². The summed E-state index contributed by atoms with van der Waals surface area (Å²) >= 11 is 13.0. The van der Waals surface area contributed by atoms with E-state index in [1.54, 1.807) is 18.2 Å². The number of benzene rings is 3. The molecule has 0 heterocycles. The zero-order valence-corrected chi connectivity index (χ0v) is 23.3. The molecule has 2 amide bonds. The number of hydrogen-bond donors (Lipinski definition) is 1. The summed E-state index contributed by atoms with van der Waals surface area (Å²) in [6, 6.07) is 21.6. The van der Waals surface area contributed by atoms with Crippen LogP contribution in [0.1, 0.15) is 44.4 Å². The Morgan fingerprint density at radius 3 is 2.08 bits per heavy atom. The third-order valence-corrected chi connectivity index (χ3v) is 6.56. The summed E-state index contributed by atoms with van der Waals surface area (Å²) in [5.41, 5.74) is 2.19. The van der Waals surface area contributed by atoms with E-state index in [1.165, 1.54) is 10.5 Å². The van der Waals surface area contributed by atoms with Crippen molar-refractivity contribution in [1.82, 2.24) is 10.2 Å². The van der Waals surface area contributed by atoms with Crippen molar-refractivity contribution in [1.29, 1.82) is 0 Å². The van der Waals surface area contributed by atoms with Gasteiger partial charge in [-0.1, -0.05) is 78.7 Å². The van der Waals surface area contributed by atoms with Gasteiger partial charge in [-0.05, 0) is 62.6 Å². The molecule has 3 rings (SSSR count). The van der Waals surface area contributed by atoms with Gasteiger partial charge in [-0.3, -0.25) is 9.59 Å². The maximum absolute atomic E-state index is 13.7. The van der Waals surface area contributed by atoms with Crippen LogP contribution in [0.15, 0.2) is 72.8 Å². The van der Waals surface area contributed by atoms with Gasteiger partial charge in [-0.2, -0.15) is 0 Å². The Morgan fingerprint density at radius 2 is 1.51 bits per heavy atom. The van der Waals surface area contributed by atoms with Crippen molar-refractivity contribution in [3.05, 3.63) is 99.5 Å². The maximum Gasteiger partial charge on any atom is 0.261 e. The number of hydrogen-bond acceptors (Lipinski definition) is 3. The molecule has 37 heavy (non-hydrogen) atoms. The average Bonchev–Trinajstić information content (AvgIpc) is 2.86. The molecule has 0 aliphatic carbocycles. The van der Waals surface area contributed by atoms with E-state index in [0.29, 0.717) is 27.8 Å². The molecule has 0 spiro atoms. The minimum Gasteiger partial charge on any atom is -0.484 e. The van der Waals surface area contributed by atoms with Crippen molar-refractivity contribution < 1.29 is 14.3 Å². The second kappa shape index (κ2) is 13.0. The number of carbonyl (C=O) groups excluding carboxylic acids is 2. The smallest absolute Gasteiger partial charge is 0.261 e. The van der Waals surface area contributed by atoms with Crippen molar-refractivity contribution in [2.45, 2.75) is 58.7 Å². The monoisotopic (exact) mass is 540 g/mol. The largest absolute Gasteiger partial charge is 0.484 e. The summed E-state index contributed by atoms with van der Waals surface area (Å²) < 4.78 is 5.84. The van der Waals surface area contributed by atoms with Gasteiger partial charge in [0.2, 0.25) is 5.91 Å². The molecule has 7 heteroatoms. The van der Waals surface area contributed by atoms with Crippen LogP contribution in [-0.2, 0) is 29.0 Å². The van der Waals surface area contributed by atoms with Crippen LogP contribution in [0.4, 0.5) is 0 Å². The SMILES string of the molecule is CCc1ccc(OCC(=O)N(Cc2c(Cl)cccc2Cl)C(Cc2ccccc2)C(=O)NC(C)(C)C)cc1. The maximum atomic E-state index is 13.7. The Kier molecular flexibility index (Phi) is 10.0. The number of ether oxygens (including phenoxy) is 1. The first kappa shape index (κ1) is 28.5. The lowest BCUT2D eigenvalue weighted by Crippen LogP contribution is -2.55. The lowest BCUT2D eigenvalue weighted by Gasteiger charge is -2.34. The zero-order valence-electron chi connectivity index (χ0n) is 21.8. The Labute approximate surface area is 229 Å². The number of amides is 2. The van der Waals surface area contributed by atoms with Crippen LogP contribution in [0.25, 0.3) is 0 Å². The van der Waals surface area contributed by atoms with Gasteiger partial charge in [0.1, 0.15) is 11.8 Å². The molecular weight excluding hydrogens is 507 g/mol. The standard InChI is InChI=1S/C30H34Cl2N2O3/c1-5-21-14-16-23(17-15-21)37-20-28(35)34(19-24-25(31)12-9-13-26(24)32)27(29(36)33-30(2,3)4)18-22-10-7-6-8-11-22/h6-17,27H,5,18-20H2,1-4H3,(H,33,36). The number of rotatable bonds is 10. The molecule has 3 aromatic carbocycles. The van der Waals surface area contributed by atoms with Gasteiger partial charge in [0.25, 0.3) is 5.91 Å². The van der Waals surface area contributed by atoms with Gasteiger partial charge in [-0.25, -0.2) is 0 Å². The summed E-state index contributed by atoms with van der Waals surface area (Å²) in [5.74, 6) is -0.0271. The fourth-order valence-corrected chi connectivity index (χ4v) is 4.43. The van der Waals surface area contributed by atoms with Crippen molar-refractivity contribution in [2.75, 3.05) is 6.61 Å². The third kappa shape index (κ3) is 8.51. The molecule has 0 saturated heterocycles. The first-order valence-corrected chi connectivity index (χ1v) is 13.1. The van der Waals surface area contributed by atoms with E-state index in [2.05, 4.69) is 12.2 Å². The molecule has 1 atom stereocenters. The summed E-state index contributed by atoms with van der Waals surface area (Å²) in [6.45, 7) is 7.62. The Bertz CT molecular complexity index is 1170. The van der Waals surface area contributed by atoms with Crippen molar-refractivity contribution >= 4 is 35.0 Å². The normalized spacial score (nSPS) is 12.1. The topological polar surface area (TPSA) is 58.6 Å². The Balaban J connectivity index is 1.96. The van der Waals surface area contributed by atoms with E-state index in [-0.39, 0.29) is 25.0 Å². The highest BCUT2D eigenvalue weighted by atomic mass is 35.5. The minimum absolute atomic E-state index is 0.0601. The van der Waals surface area contributed by atoms with E-state index in [0.717, 1.165) is 12.0 Å². The van der Waals surface area contributed by atoms with Gasteiger partial charge in [-0.15, -0.1) is 0 Å². The van der Waals surface area contributed by atoms with E-state index >= 15 is 0 Å². The van der Waals surface area contributed by atoms with Crippen LogP contribution in [0.5, 0.6) is 5.75 Å². The molecule has 0 bridgehead atoms. The minimum atomic E-state index is -0.812. The molecule has 1 unspecified atom stereocenters. The third-order valence-electron chi connectivity index (χ3n) is 5.85. The molecule has 0 radical (unpaired) electrons. The highest BCUT2D eigenvalue weighted by Crippen LogP contribution is 2.27. The van der Waals surface area contributed by atoms with Crippen LogP contribution in [0.2, 0.25) is 10.0 Å². The number of nitrogens with zero attached hydrogens (tertiary/aromatic N) is 1. The van der Waals surface area contributed by atoms with Gasteiger partial charge >= 0.3 is 0 Å². The predicted octanol–water partition coefficient (Wildman–Crippen LogP) is 6.49. The summed E-state index contributed by atoms with van der Waals surface area (Å²) in [5, 5.41) is 3.89. The summed E-state index contributed by atoms with van der Waals surface area (Å²) in [7, 11) is 0. The van der Waals surface area contributed by atoms with Crippen LogP contribution >= 0.6 is 23.2 Å². The van der Waals surface area contributed by atoms with Gasteiger partial charge in [0.15, 0.2) is 6.61 Å². The fraction of sp³-hybridized carbons (Fsp3) is 0.333. The van der Waals surface area contributed by atoms with Crippen molar-refractivity contribution in [3.63, 3.8) is 0 Å². The summed E-state index contributed by atoms with van der Waals surface area (Å²) in [4.78, 5) is 28.8. The molecule has 0 fully saturated rings. The molecular formula is C30H34Cl2N2O3. The second-order valence-electron chi connectivity index (χ2n) is 9.95. The number of aryl methyl sites for hydroxylation is 1. The first-order valence-electron chi connectivity index (χ1n) is 12.4. The van der Waals surface area contributed by atoms with Crippen LogP contribution < -0.4 is 10.1 Å². The van der Waals surface area contributed by atoms with E-state index in [4.69, 9.17) is 27.9 Å². The molecule has 5 nitrogen and oxygen atoms in total. The molecule has 196 valence electrons. The lowest BCUT2D eigenvalue weighted by molar-refractivity contribution is -0.143. The molecule has 0 saturated carbocycles. The van der Waals surface area contributed by atoms with Crippen molar-refractivity contribution in [2.24, 2.45) is 0 Å². The fourth-order valence-electron chi connectivity index (χ4n) is 3.91. The first-order chi connectivity index (χ1) is 17.6. The molecule has 0 aliphatic heterocycles. The highest BCUT2D eigenvalue weighted by molar-refractivity contribution is 6.36. The van der Waals surface area contributed by atoms with Crippen LogP contribution in [0, 0.1) is 0 Å². The van der Waals surface area contributed by atoms with Gasteiger partial charge in [0, 0.05) is 34.1 Å². The molecule has 3 aromatic rings. The van der Waals surface area contributed by atoms with Gasteiger partial charge in [0.05, 0.1) is 0 Å². The number of halogens is 2. The van der Waals surface area contributed by atoms with Crippen LogP contribution in [-0.4, -0.2) is 34.9 Å². The van der Waals surface area contributed by atoms with E-state index in [1.807, 2.05) is 75.4 Å². The zero-order chi connectivity index (χ0) is 27.0. The lowest BCUT2D eigenvalue weighted by atomic mass is 10.0. The molecule has 1 N–H and O–H groups in total. The molecule has 0 aliphatic rings. The van der Waals surface area contributed by atoms with Crippen LogP contribution in [0.3, 0.4) is 0 Å². The van der Waals surface area contributed by atoms with E-state index in [9.17, 15) is 9.59 Å². The number of nitrogens with one attached hydrogen (secondary N) is 1. The predicted molar refractivity (Wildman–Crippen MR) is 150 cm³/mol. The quantitative estimate of drug-likeness (QED) is 0.319. The summed E-state index contributed by atoms with van der Waals surface area (Å²) in [6.07, 6.45) is 1.23. The highest BCUT2D eigenvalue weighted by Gasteiger charge is 2.33. The average molecular weight is 542 g/mol. The van der Waals surface area contributed by atoms with E-state index < -0.39 is 11.6 Å². The Hall–Kier alpha value is -3.02. The Morgan fingerprint density at radius 1 is 0.892 bits per heavy atom. The second-order valence-corrected chi connectivity index (χ2v) is 10.8. The van der Waals surface area contributed by atoms with Gasteiger partial charge < -0.3 is 15.0 Å². The molecule has 0 aromatic heterocycles.